The summed E-state index contributed by atoms with van der Waals surface area (Å²) in [5.74, 6) is 0. The Morgan fingerprint density at radius 3 is 2.42 bits per heavy atom. The Hall–Kier alpha value is -1.08. The van der Waals surface area contributed by atoms with Crippen LogP contribution in [0.25, 0.3) is 10.4 Å². The van der Waals surface area contributed by atoms with E-state index in [1.54, 1.807) is 11.3 Å². The summed E-state index contributed by atoms with van der Waals surface area (Å²) in [5, 5.41) is 2.07. The van der Waals surface area contributed by atoms with Crippen LogP contribution >= 0.6 is 11.3 Å². The predicted molar refractivity (Wildman–Crippen MR) is 54.2 cm³/mol. The average molecular weight is 173 g/mol. The highest BCUT2D eigenvalue weighted by Gasteiger charge is 1.97. The van der Waals surface area contributed by atoms with Gasteiger partial charge in [0.25, 0.3) is 0 Å². The van der Waals surface area contributed by atoms with Crippen LogP contribution in [0.3, 0.4) is 0 Å². The molecular weight excluding hydrogens is 164 g/mol. The van der Waals surface area contributed by atoms with Gasteiger partial charge in [0.2, 0.25) is 0 Å². The highest BCUT2D eigenvalue weighted by Crippen LogP contribution is 2.26. The Bertz CT molecular complexity index is 360. The Balaban J connectivity index is 2.45. The van der Waals surface area contributed by atoms with E-state index >= 15 is 0 Å². The zero-order chi connectivity index (χ0) is 8.39. The van der Waals surface area contributed by atoms with E-state index in [2.05, 4.69) is 42.6 Å². The van der Waals surface area contributed by atoms with E-state index < -0.39 is 0 Å². The fraction of sp³-hybridized carbons (Fsp3) is 0. The lowest BCUT2D eigenvalue weighted by atomic mass is 10.2. The maximum Gasteiger partial charge on any atom is 0.0345 e. The van der Waals surface area contributed by atoms with Gasteiger partial charge in [-0.2, -0.15) is 0 Å². The van der Waals surface area contributed by atoms with E-state index in [0.717, 1.165) is 5.56 Å². The van der Waals surface area contributed by atoms with E-state index in [-0.39, 0.29) is 0 Å². The van der Waals surface area contributed by atoms with Crippen molar-refractivity contribution in [2.75, 3.05) is 0 Å². The summed E-state index contributed by atoms with van der Waals surface area (Å²) in [6.45, 7) is 3.88. The lowest BCUT2D eigenvalue weighted by Crippen LogP contribution is -1.68. The highest BCUT2D eigenvalue weighted by atomic mass is 32.1. The molecule has 1 heterocycles. The van der Waals surface area contributed by atoms with Gasteiger partial charge in [0.15, 0.2) is 0 Å². The molecule has 0 amide bonds. The van der Waals surface area contributed by atoms with Crippen molar-refractivity contribution < 1.29 is 0 Å². The van der Waals surface area contributed by atoms with Gasteiger partial charge in [-0.25, -0.2) is 0 Å². The molecule has 0 unspecified atom stereocenters. The summed E-state index contributed by atoms with van der Waals surface area (Å²) < 4.78 is 0. The highest BCUT2D eigenvalue weighted by molar-refractivity contribution is 7.13. The molecule has 1 aromatic heterocycles. The second-order valence-corrected chi connectivity index (χ2v) is 3.60. The summed E-state index contributed by atoms with van der Waals surface area (Å²) in [4.78, 5) is 1.29. The van der Waals surface area contributed by atoms with Crippen LogP contribution in [0.5, 0.6) is 0 Å². The van der Waals surface area contributed by atoms with E-state index in [9.17, 15) is 0 Å². The van der Waals surface area contributed by atoms with Crippen LogP contribution in [0.2, 0.25) is 0 Å². The van der Waals surface area contributed by atoms with Gasteiger partial charge in [-0.05, 0) is 29.5 Å². The molecule has 0 N–H and O–H groups in total. The van der Waals surface area contributed by atoms with Crippen molar-refractivity contribution in [1.82, 2.24) is 0 Å². The number of hydrogen-bond donors (Lipinski definition) is 0. The van der Waals surface area contributed by atoms with Gasteiger partial charge in [-0.3, -0.25) is 0 Å². The largest absolute Gasteiger partial charge is 0.144 e. The molecule has 0 aliphatic heterocycles. The van der Waals surface area contributed by atoms with Gasteiger partial charge >= 0.3 is 0 Å². The van der Waals surface area contributed by atoms with Crippen molar-refractivity contribution in [3.8, 4) is 10.4 Å². The summed E-state index contributed by atoms with van der Waals surface area (Å²) >= 11 is 1.74. The molecule has 12 heavy (non-hydrogen) atoms. The zero-order valence-corrected chi connectivity index (χ0v) is 7.47. The molecule has 2 aromatic rings. The van der Waals surface area contributed by atoms with Gasteiger partial charge < -0.3 is 0 Å². The molecule has 0 fully saturated rings. The monoisotopic (exact) mass is 173 g/mol. The molecule has 1 heteroatoms. The number of hydrogen-bond acceptors (Lipinski definition) is 1. The third-order valence-electron chi connectivity index (χ3n) is 1.71. The number of rotatable bonds is 1. The fourth-order valence-electron chi connectivity index (χ4n) is 1.13. The minimum Gasteiger partial charge on any atom is -0.144 e. The lowest BCUT2D eigenvalue weighted by molar-refractivity contribution is 1.68. The smallest absolute Gasteiger partial charge is 0.0345 e. The first-order valence-electron chi connectivity index (χ1n) is 3.82. The van der Waals surface area contributed by atoms with Gasteiger partial charge in [-0.15, -0.1) is 11.3 Å². The van der Waals surface area contributed by atoms with Crippen LogP contribution in [-0.2, 0) is 0 Å². The standard InChI is InChI=1S/C11H9S/c1-9-7-11(12-8-9)10-5-3-2-4-6-10/h2-8H,1H2. The summed E-state index contributed by atoms with van der Waals surface area (Å²) in [6.07, 6.45) is 0. The minimum atomic E-state index is 1.10. The SMILES string of the molecule is [CH2]c1csc(-c2ccccc2)c1. The molecule has 0 saturated heterocycles. The van der Waals surface area contributed by atoms with Crippen molar-refractivity contribution >= 4 is 11.3 Å². The topological polar surface area (TPSA) is 0 Å². The maximum atomic E-state index is 3.88. The molecule has 0 saturated carbocycles. The molecule has 0 aliphatic rings. The van der Waals surface area contributed by atoms with Gasteiger partial charge in [0, 0.05) is 4.88 Å². The van der Waals surface area contributed by atoms with Crippen LogP contribution in [0.4, 0.5) is 0 Å². The molecule has 59 valence electrons. The fourth-order valence-corrected chi connectivity index (χ4v) is 1.97. The Kier molecular flexibility index (Phi) is 1.96. The molecular formula is C11H9S. The number of benzene rings is 1. The molecule has 2 rings (SSSR count). The van der Waals surface area contributed by atoms with Gasteiger partial charge in [0.1, 0.15) is 0 Å². The van der Waals surface area contributed by atoms with Crippen LogP contribution in [-0.4, -0.2) is 0 Å². The normalized spacial score (nSPS) is 10.1. The molecule has 0 nitrogen and oxygen atoms in total. The van der Waals surface area contributed by atoms with E-state index in [4.69, 9.17) is 0 Å². The van der Waals surface area contributed by atoms with Crippen LogP contribution in [0, 0.1) is 6.92 Å². The van der Waals surface area contributed by atoms with Crippen LogP contribution < -0.4 is 0 Å². The zero-order valence-electron chi connectivity index (χ0n) is 6.66. The summed E-state index contributed by atoms with van der Waals surface area (Å²) in [7, 11) is 0. The Morgan fingerprint density at radius 2 is 1.83 bits per heavy atom. The van der Waals surface area contributed by atoms with Crippen molar-refractivity contribution in [1.29, 1.82) is 0 Å². The summed E-state index contributed by atoms with van der Waals surface area (Å²) in [5.41, 5.74) is 2.37. The van der Waals surface area contributed by atoms with E-state index in [0.29, 0.717) is 0 Å². The minimum absolute atomic E-state index is 1.10. The third-order valence-corrected chi connectivity index (χ3v) is 2.74. The molecule has 0 atom stereocenters. The van der Waals surface area contributed by atoms with Crippen molar-refractivity contribution in [3.63, 3.8) is 0 Å². The molecule has 1 aromatic carbocycles. The van der Waals surface area contributed by atoms with Crippen molar-refractivity contribution in [3.05, 3.63) is 54.3 Å². The maximum absolute atomic E-state index is 3.88. The first kappa shape index (κ1) is 7.56. The molecule has 0 aliphatic carbocycles. The third kappa shape index (κ3) is 1.41. The van der Waals surface area contributed by atoms with Crippen LogP contribution in [0.15, 0.2) is 41.8 Å². The van der Waals surface area contributed by atoms with E-state index in [1.807, 2.05) is 6.07 Å². The Morgan fingerprint density at radius 1 is 1.08 bits per heavy atom. The first-order chi connectivity index (χ1) is 5.86. The number of thiophene rings is 1. The first-order valence-corrected chi connectivity index (χ1v) is 4.70. The second kappa shape index (κ2) is 3.11. The summed E-state index contributed by atoms with van der Waals surface area (Å²) in [6, 6.07) is 12.5. The van der Waals surface area contributed by atoms with Crippen molar-refractivity contribution in [2.24, 2.45) is 0 Å². The quantitative estimate of drug-likeness (QED) is 0.618. The lowest BCUT2D eigenvalue weighted by Gasteiger charge is -1.93. The van der Waals surface area contributed by atoms with Gasteiger partial charge in [-0.1, -0.05) is 30.3 Å². The molecule has 1 radical (unpaired) electrons. The molecule has 0 spiro atoms. The predicted octanol–water partition coefficient (Wildman–Crippen LogP) is 3.60. The molecule has 0 bridgehead atoms. The van der Waals surface area contributed by atoms with E-state index in [1.165, 1.54) is 10.4 Å². The average Bonchev–Trinajstić information content (AvgIpc) is 2.54. The Labute approximate surface area is 76.5 Å². The van der Waals surface area contributed by atoms with Gasteiger partial charge in [0.05, 0.1) is 0 Å². The van der Waals surface area contributed by atoms with Crippen molar-refractivity contribution in [2.45, 2.75) is 0 Å². The second-order valence-electron chi connectivity index (χ2n) is 2.69. The van der Waals surface area contributed by atoms with Crippen LogP contribution in [0.1, 0.15) is 5.56 Å².